The number of likely N-dealkylation sites (N-methyl/N-ethyl adjacent to an activating group) is 1. The molecule has 0 aliphatic carbocycles. The highest BCUT2D eigenvalue weighted by molar-refractivity contribution is 5.86. The molecule has 0 amide bonds. The number of hydrogen-bond acceptors (Lipinski definition) is 2. The van der Waals surface area contributed by atoms with Gasteiger partial charge >= 0.3 is 5.97 Å². The normalized spacial score (nSPS) is 13.6. The van der Waals surface area contributed by atoms with Crippen LogP contribution in [0.15, 0.2) is 35.9 Å². The van der Waals surface area contributed by atoms with Crippen LogP contribution >= 0.6 is 0 Å². The molecule has 0 aliphatic rings. The lowest BCUT2D eigenvalue weighted by molar-refractivity contribution is -0.132. The number of carboxylic acid groups (broad SMARTS) is 1. The van der Waals surface area contributed by atoms with Crippen LogP contribution in [0.5, 0.6) is 0 Å². The number of aliphatic carboxylic acids is 1. The quantitative estimate of drug-likeness (QED) is 0.803. The Bertz CT molecular complexity index is 471. The third-order valence-electron chi connectivity index (χ3n) is 3.30. The summed E-state index contributed by atoms with van der Waals surface area (Å²) >= 11 is 0. The molecule has 0 aliphatic heterocycles. The molecule has 0 heterocycles. The fraction of sp³-hybridized carbons (Fsp3) is 0.400. The Hall–Kier alpha value is -1.68. The predicted octanol–water partition coefficient (Wildman–Crippen LogP) is 3.24. The number of halogens is 1. The monoisotopic (exact) mass is 265 g/mol. The minimum Gasteiger partial charge on any atom is -0.478 e. The van der Waals surface area contributed by atoms with Crippen LogP contribution in [0.25, 0.3) is 0 Å². The highest BCUT2D eigenvalue weighted by Gasteiger charge is 2.14. The molecule has 1 aromatic carbocycles. The van der Waals surface area contributed by atoms with Crippen LogP contribution < -0.4 is 0 Å². The van der Waals surface area contributed by atoms with Crippen LogP contribution in [-0.4, -0.2) is 29.6 Å². The zero-order chi connectivity index (χ0) is 14.4. The predicted molar refractivity (Wildman–Crippen MR) is 73.5 cm³/mol. The molecule has 104 valence electrons. The Morgan fingerprint density at radius 3 is 2.63 bits per heavy atom. The van der Waals surface area contributed by atoms with Crippen molar-refractivity contribution in [2.45, 2.75) is 26.3 Å². The maximum atomic E-state index is 13.7. The summed E-state index contributed by atoms with van der Waals surface area (Å²) in [4.78, 5) is 12.8. The Morgan fingerprint density at radius 1 is 1.47 bits per heavy atom. The molecule has 0 radical (unpaired) electrons. The maximum absolute atomic E-state index is 13.7. The summed E-state index contributed by atoms with van der Waals surface area (Å²) in [7, 11) is 1.85. The van der Waals surface area contributed by atoms with Gasteiger partial charge in [-0.2, -0.15) is 0 Å². The summed E-state index contributed by atoms with van der Waals surface area (Å²) in [6.45, 7) is 4.18. The van der Waals surface area contributed by atoms with E-state index in [9.17, 15) is 9.18 Å². The second-order valence-electron chi connectivity index (χ2n) is 4.53. The number of hydrogen-bond donors (Lipinski definition) is 1. The van der Waals surface area contributed by atoms with Gasteiger partial charge in [-0.15, -0.1) is 0 Å². The average Bonchev–Trinajstić information content (AvgIpc) is 2.38. The van der Waals surface area contributed by atoms with Crippen LogP contribution in [-0.2, 0) is 4.79 Å². The molecule has 1 aromatic rings. The van der Waals surface area contributed by atoms with E-state index in [2.05, 4.69) is 0 Å². The van der Waals surface area contributed by atoms with Crippen molar-refractivity contribution in [2.75, 3.05) is 13.6 Å². The van der Waals surface area contributed by atoms with Gasteiger partial charge in [0.25, 0.3) is 0 Å². The molecule has 1 rings (SSSR count). The average molecular weight is 265 g/mol. The van der Waals surface area contributed by atoms with Gasteiger partial charge in [-0.05, 0) is 26.5 Å². The van der Waals surface area contributed by atoms with Gasteiger partial charge in [0.1, 0.15) is 5.82 Å². The van der Waals surface area contributed by atoms with Gasteiger partial charge in [0.15, 0.2) is 0 Å². The molecule has 0 bridgehead atoms. The van der Waals surface area contributed by atoms with E-state index >= 15 is 0 Å². The highest BCUT2D eigenvalue weighted by Crippen LogP contribution is 2.21. The summed E-state index contributed by atoms with van der Waals surface area (Å²) in [5.41, 5.74) is 0.999. The van der Waals surface area contributed by atoms with Gasteiger partial charge in [-0.25, -0.2) is 9.18 Å². The fourth-order valence-corrected chi connectivity index (χ4v) is 1.85. The van der Waals surface area contributed by atoms with E-state index in [4.69, 9.17) is 5.11 Å². The standard InChI is InChI=1S/C15H20FNO2/c1-4-12(15(18)19)9-10-17(3)11(2)13-7-5-6-8-14(13)16/h5-9,11H,4,10H2,1-3H3,(H,18,19). The first-order chi connectivity index (χ1) is 8.97. The maximum Gasteiger partial charge on any atom is 0.331 e. The van der Waals surface area contributed by atoms with Gasteiger partial charge in [-0.3, -0.25) is 4.90 Å². The third-order valence-corrected chi connectivity index (χ3v) is 3.30. The molecule has 4 heteroatoms. The van der Waals surface area contributed by atoms with E-state index in [1.807, 2.05) is 18.9 Å². The highest BCUT2D eigenvalue weighted by atomic mass is 19.1. The molecule has 1 N–H and O–H groups in total. The Balaban J connectivity index is 2.76. The lowest BCUT2D eigenvalue weighted by Crippen LogP contribution is -2.23. The van der Waals surface area contributed by atoms with Crippen molar-refractivity contribution in [3.8, 4) is 0 Å². The number of benzene rings is 1. The van der Waals surface area contributed by atoms with Gasteiger partial charge in [0, 0.05) is 23.7 Å². The lowest BCUT2D eigenvalue weighted by atomic mass is 10.1. The Kier molecular flexibility index (Phi) is 5.70. The van der Waals surface area contributed by atoms with Gasteiger partial charge in [-0.1, -0.05) is 31.2 Å². The van der Waals surface area contributed by atoms with Gasteiger partial charge < -0.3 is 5.11 Å². The van der Waals surface area contributed by atoms with Crippen molar-refractivity contribution in [1.29, 1.82) is 0 Å². The minimum absolute atomic E-state index is 0.107. The summed E-state index contributed by atoms with van der Waals surface area (Å²) < 4.78 is 13.7. The SMILES string of the molecule is CCC(=CCN(C)C(C)c1ccccc1F)C(=O)O. The lowest BCUT2D eigenvalue weighted by Gasteiger charge is -2.24. The molecular weight excluding hydrogens is 245 g/mol. The molecular formula is C15H20FNO2. The van der Waals surface area contributed by atoms with Gasteiger partial charge in [0.05, 0.1) is 0 Å². The van der Waals surface area contributed by atoms with Crippen molar-refractivity contribution in [3.05, 3.63) is 47.3 Å². The van der Waals surface area contributed by atoms with Crippen molar-refractivity contribution >= 4 is 5.97 Å². The van der Waals surface area contributed by atoms with Crippen LogP contribution in [0.3, 0.4) is 0 Å². The van der Waals surface area contributed by atoms with E-state index in [0.717, 1.165) is 0 Å². The molecule has 1 unspecified atom stereocenters. The van der Waals surface area contributed by atoms with E-state index in [-0.39, 0.29) is 11.9 Å². The Labute approximate surface area is 113 Å². The largest absolute Gasteiger partial charge is 0.478 e. The molecule has 0 fully saturated rings. The molecule has 0 saturated carbocycles. The van der Waals surface area contributed by atoms with E-state index in [1.54, 1.807) is 31.2 Å². The zero-order valence-electron chi connectivity index (χ0n) is 11.6. The summed E-state index contributed by atoms with van der Waals surface area (Å²) in [6.07, 6.45) is 2.16. The second-order valence-corrected chi connectivity index (χ2v) is 4.53. The molecule has 1 atom stereocenters. The molecule has 0 aromatic heterocycles. The molecule has 0 saturated heterocycles. The molecule has 19 heavy (non-hydrogen) atoms. The number of carboxylic acids is 1. The zero-order valence-corrected chi connectivity index (χ0v) is 11.6. The van der Waals surface area contributed by atoms with Crippen LogP contribution in [0.4, 0.5) is 4.39 Å². The summed E-state index contributed by atoms with van der Waals surface area (Å²) in [6, 6.07) is 6.53. The first kappa shape index (κ1) is 15.4. The third kappa shape index (κ3) is 4.17. The molecule has 3 nitrogen and oxygen atoms in total. The smallest absolute Gasteiger partial charge is 0.331 e. The van der Waals surface area contributed by atoms with E-state index in [0.29, 0.717) is 24.1 Å². The summed E-state index contributed by atoms with van der Waals surface area (Å²) in [5, 5.41) is 8.94. The second kappa shape index (κ2) is 7.04. The van der Waals surface area contributed by atoms with E-state index < -0.39 is 5.97 Å². The van der Waals surface area contributed by atoms with Crippen LogP contribution in [0.1, 0.15) is 31.9 Å². The first-order valence-corrected chi connectivity index (χ1v) is 6.34. The van der Waals surface area contributed by atoms with Crippen molar-refractivity contribution in [1.82, 2.24) is 4.90 Å². The van der Waals surface area contributed by atoms with E-state index in [1.165, 1.54) is 6.07 Å². The number of nitrogens with zero attached hydrogens (tertiary/aromatic N) is 1. The van der Waals surface area contributed by atoms with Crippen molar-refractivity contribution in [3.63, 3.8) is 0 Å². The number of rotatable bonds is 6. The fourth-order valence-electron chi connectivity index (χ4n) is 1.85. The van der Waals surface area contributed by atoms with Crippen LogP contribution in [0.2, 0.25) is 0 Å². The van der Waals surface area contributed by atoms with Crippen molar-refractivity contribution in [2.24, 2.45) is 0 Å². The summed E-state index contributed by atoms with van der Waals surface area (Å²) in [5.74, 6) is -1.13. The van der Waals surface area contributed by atoms with Crippen LogP contribution in [0, 0.1) is 5.82 Å². The van der Waals surface area contributed by atoms with Crippen molar-refractivity contribution < 1.29 is 14.3 Å². The Morgan fingerprint density at radius 2 is 2.11 bits per heavy atom. The topological polar surface area (TPSA) is 40.5 Å². The van der Waals surface area contributed by atoms with Gasteiger partial charge in [0.2, 0.25) is 0 Å². The first-order valence-electron chi connectivity index (χ1n) is 6.34. The molecule has 0 spiro atoms. The minimum atomic E-state index is -0.894. The number of carbonyl (C=O) groups is 1.